The van der Waals surface area contributed by atoms with Gasteiger partial charge in [0.15, 0.2) is 0 Å². The predicted octanol–water partition coefficient (Wildman–Crippen LogP) is 6.62. The fourth-order valence-electron chi connectivity index (χ4n) is 3.45. The molecule has 0 spiro atoms. The van der Waals surface area contributed by atoms with Gasteiger partial charge in [0.25, 0.3) is 0 Å². The number of nitriles is 1. The van der Waals surface area contributed by atoms with E-state index in [-0.39, 0.29) is 10.6 Å². The summed E-state index contributed by atoms with van der Waals surface area (Å²) in [5.41, 5.74) is 0.428. The monoisotopic (exact) mass is 508 g/mol. The normalized spacial score (nSPS) is 13.1. The average Bonchev–Trinajstić information content (AvgIpc) is 3.19. The molecule has 0 radical (unpaired) electrons. The maximum atomic E-state index is 13.1. The fraction of sp³-hybridized carbons (Fsp3) is 0.217. The van der Waals surface area contributed by atoms with Gasteiger partial charge < -0.3 is 4.74 Å². The largest absolute Gasteiger partial charge is 0.433 e. The third-order valence-corrected chi connectivity index (χ3v) is 6.24. The van der Waals surface area contributed by atoms with E-state index in [0.717, 1.165) is 23.6 Å². The van der Waals surface area contributed by atoms with E-state index >= 15 is 0 Å². The first kappa shape index (κ1) is 24.6. The van der Waals surface area contributed by atoms with Gasteiger partial charge in [0.2, 0.25) is 0 Å². The number of pyridine rings is 2. The van der Waals surface area contributed by atoms with Crippen molar-refractivity contribution in [3.63, 3.8) is 0 Å². The molecule has 35 heavy (non-hydrogen) atoms. The summed E-state index contributed by atoms with van der Waals surface area (Å²) < 4.78 is 83.1. The SMILES string of the molecule is Cc1nc(-c2ccc(C(F)(F)F)nc2)sc1C(OCC(F)(F)F)c1ccc(C#N)c2cccnc12. The van der Waals surface area contributed by atoms with Crippen LogP contribution in [0, 0.1) is 18.3 Å². The summed E-state index contributed by atoms with van der Waals surface area (Å²) in [6.07, 6.45) is -8.01. The van der Waals surface area contributed by atoms with Crippen LogP contribution in [0.3, 0.4) is 0 Å². The third kappa shape index (κ3) is 5.26. The fourth-order valence-corrected chi connectivity index (χ4v) is 4.58. The minimum absolute atomic E-state index is 0.269. The first-order chi connectivity index (χ1) is 16.5. The van der Waals surface area contributed by atoms with Gasteiger partial charge in [-0.15, -0.1) is 11.3 Å². The molecule has 0 aliphatic carbocycles. The summed E-state index contributed by atoms with van der Waals surface area (Å²) >= 11 is 0.980. The van der Waals surface area contributed by atoms with Gasteiger partial charge in [0.1, 0.15) is 23.4 Å². The molecule has 3 aromatic heterocycles. The van der Waals surface area contributed by atoms with Crippen molar-refractivity contribution >= 4 is 22.2 Å². The van der Waals surface area contributed by atoms with Crippen molar-refractivity contribution in [3.05, 3.63) is 76.2 Å². The standard InChI is InChI=1S/C23H14F6N4OS/c1-12-20(35-21(33-12)14-5-7-17(32-10-14)23(27,28)29)19(34-11-22(24,25)26)16-6-4-13(9-30)15-3-2-8-31-18(15)16/h2-8,10,19H,11H2,1H3. The van der Waals surface area contributed by atoms with Gasteiger partial charge in [0.05, 0.1) is 27.7 Å². The molecule has 0 aliphatic heterocycles. The second-order valence-corrected chi connectivity index (χ2v) is 8.45. The summed E-state index contributed by atoms with van der Waals surface area (Å²) in [5.74, 6) is 0. The third-order valence-electron chi connectivity index (χ3n) is 4.99. The van der Waals surface area contributed by atoms with Crippen molar-refractivity contribution in [2.75, 3.05) is 6.61 Å². The molecule has 180 valence electrons. The molecule has 0 bridgehead atoms. The molecule has 0 amide bonds. The lowest BCUT2D eigenvalue weighted by atomic mass is 9.99. The van der Waals surface area contributed by atoms with Crippen LogP contribution in [0.4, 0.5) is 26.3 Å². The Kier molecular flexibility index (Phi) is 6.48. The predicted molar refractivity (Wildman–Crippen MR) is 115 cm³/mol. The highest BCUT2D eigenvalue weighted by Gasteiger charge is 2.34. The molecule has 3 heterocycles. The van der Waals surface area contributed by atoms with Crippen LogP contribution in [0.5, 0.6) is 0 Å². The Labute approximate surface area is 198 Å². The number of ether oxygens (including phenoxy) is 1. The lowest BCUT2D eigenvalue weighted by molar-refractivity contribution is -0.181. The van der Waals surface area contributed by atoms with Crippen molar-refractivity contribution < 1.29 is 31.1 Å². The van der Waals surface area contributed by atoms with Crippen LogP contribution in [0.25, 0.3) is 21.5 Å². The van der Waals surface area contributed by atoms with Gasteiger partial charge in [-0.05, 0) is 37.3 Å². The number of halogens is 6. The molecule has 12 heteroatoms. The molecular formula is C23H14F6N4OS. The average molecular weight is 508 g/mol. The highest BCUT2D eigenvalue weighted by molar-refractivity contribution is 7.15. The van der Waals surface area contributed by atoms with E-state index in [2.05, 4.69) is 15.0 Å². The quantitative estimate of drug-likeness (QED) is 0.283. The van der Waals surface area contributed by atoms with Gasteiger partial charge in [-0.3, -0.25) is 9.97 Å². The Morgan fingerprint density at radius 3 is 2.46 bits per heavy atom. The van der Waals surface area contributed by atoms with E-state index in [9.17, 15) is 31.6 Å². The van der Waals surface area contributed by atoms with E-state index < -0.39 is 30.8 Å². The zero-order valence-corrected chi connectivity index (χ0v) is 18.6. The Bertz CT molecular complexity index is 1410. The van der Waals surface area contributed by atoms with Crippen LogP contribution in [0.2, 0.25) is 0 Å². The molecule has 0 aliphatic rings. The van der Waals surface area contributed by atoms with Crippen LogP contribution in [-0.4, -0.2) is 27.7 Å². The number of aryl methyl sites for hydroxylation is 1. The molecule has 0 fully saturated rings. The number of nitrogens with zero attached hydrogens (tertiary/aromatic N) is 4. The first-order valence-corrected chi connectivity index (χ1v) is 10.8. The molecule has 4 rings (SSSR count). The molecule has 0 N–H and O–H groups in total. The number of thiazole rings is 1. The zero-order valence-electron chi connectivity index (χ0n) is 17.8. The molecule has 1 unspecified atom stereocenters. The van der Waals surface area contributed by atoms with Crippen LogP contribution >= 0.6 is 11.3 Å². The summed E-state index contributed by atoms with van der Waals surface area (Å²) in [4.78, 5) is 12.3. The van der Waals surface area contributed by atoms with E-state index in [0.29, 0.717) is 32.6 Å². The summed E-state index contributed by atoms with van der Waals surface area (Å²) in [5, 5.41) is 10.1. The van der Waals surface area contributed by atoms with Crippen LogP contribution in [0.15, 0.2) is 48.8 Å². The zero-order chi connectivity index (χ0) is 25.4. The molecule has 1 atom stereocenters. The Morgan fingerprint density at radius 2 is 1.83 bits per heavy atom. The van der Waals surface area contributed by atoms with Crippen LogP contribution in [-0.2, 0) is 10.9 Å². The number of fused-ring (bicyclic) bond motifs is 1. The number of rotatable bonds is 5. The van der Waals surface area contributed by atoms with Crippen molar-refractivity contribution in [1.82, 2.24) is 15.0 Å². The second kappa shape index (κ2) is 9.24. The number of alkyl halides is 6. The van der Waals surface area contributed by atoms with E-state index in [1.807, 2.05) is 6.07 Å². The highest BCUT2D eigenvalue weighted by atomic mass is 32.1. The lowest BCUT2D eigenvalue weighted by Crippen LogP contribution is -2.20. The van der Waals surface area contributed by atoms with Crippen LogP contribution in [0.1, 0.15) is 33.5 Å². The molecule has 1 aromatic carbocycles. The Hall–Kier alpha value is -3.56. The first-order valence-electron chi connectivity index (χ1n) is 9.95. The second-order valence-electron chi connectivity index (χ2n) is 7.42. The van der Waals surface area contributed by atoms with Crippen molar-refractivity contribution in [3.8, 4) is 16.6 Å². The molecule has 4 aromatic rings. The van der Waals surface area contributed by atoms with E-state index in [1.54, 1.807) is 19.1 Å². The number of aromatic nitrogens is 3. The van der Waals surface area contributed by atoms with Crippen molar-refractivity contribution in [2.24, 2.45) is 0 Å². The highest BCUT2D eigenvalue weighted by Crippen LogP contribution is 2.40. The summed E-state index contributed by atoms with van der Waals surface area (Å²) in [6.45, 7) is 0.0105. The summed E-state index contributed by atoms with van der Waals surface area (Å²) in [7, 11) is 0. The number of hydrogen-bond donors (Lipinski definition) is 0. The van der Waals surface area contributed by atoms with Crippen molar-refractivity contribution in [2.45, 2.75) is 25.4 Å². The van der Waals surface area contributed by atoms with Gasteiger partial charge >= 0.3 is 12.4 Å². The maximum Gasteiger partial charge on any atom is 0.433 e. The maximum absolute atomic E-state index is 13.1. The minimum atomic E-state index is -4.62. The minimum Gasteiger partial charge on any atom is -0.358 e. The number of hydrogen-bond acceptors (Lipinski definition) is 6. The Balaban J connectivity index is 1.81. The Morgan fingerprint density at radius 1 is 1.06 bits per heavy atom. The van der Waals surface area contributed by atoms with Crippen molar-refractivity contribution in [1.29, 1.82) is 5.26 Å². The molecular weight excluding hydrogens is 494 g/mol. The molecule has 5 nitrogen and oxygen atoms in total. The smallest absolute Gasteiger partial charge is 0.358 e. The van der Waals surface area contributed by atoms with Crippen LogP contribution < -0.4 is 0 Å². The van der Waals surface area contributed by atoms with Gasteiger partial charge in [0, 0.05) is 28.9 Å². The van der Waals surface area contributed by atoms with E-state index in [4.69, 9.17) is 4.74 Å². The van der Waals surface area contributed by atoms with Gasteiger partial charge in [-0.25, -0.2) is 4.98 Å². The van der Waals surface area contributed by atoms with Gasteiger partial charge in [-0.1, -0.05) is 6.07 Å². The molecule has 0 saturated heterocycles. The van der Waals surface area contributed by atoms with Gasteiger partial charge in [-0.2, -0.15) is 31.6 Å². The lowest BCUT2D eigenvalue weighted by Gasteiger charge is -2.20. The number of benzene rings is 1. The van der Waals surface area contributed by atoms with E-state index in [1.165, 1.54) is 24.4 Å². The topological polar surface area (TPSA) is 71.7 Å². The summed E-state index contributed by atoms with van der Waals surface area (Å²) in [6, 6.07) is 10.2. The molecule has 0 saturated carbocycles.